The third-order valence-electron chi connectivity index (χ3n) is 4.22. The van der Waals surface area contributed by atoms with E-state index >= 15 is 0 Å². The molecule has 2 aromatic carbocycles. The van der Waals surface area contributed by atoms with E-state index in [2.05, 4.69) is 15.3 Å². The second-order valence-electron chi connectivity index (χ2n) is 6.13. The molecule has 3 aromatic rings. The lowest BCUT2D eigenvalue weighted by Crippen LogP contribution is -3.11. The fourth-order valence-electron chi connectivity index (χ4n) is 2.80. The van der Waals surface area contributed by atoms with Crippen molar-refractivity contribution in [1.82, 2.24) is 9.97 Å². The van der Waals surface area contributed by atoms with Gasteiger partial charge in [-0.2, -0.15) is 0 Å². The molecule has 8 heteroatoms. The Morgan fingerprint density at radius 2 is 1.85 bits per heavy atom. The van der Waals surface area contributed by atoms with Crippen LogP contribution in [0.5, 0.6) is 0 Å². The lowest BCUT2D eigenvalue weighted by atomic mass is 10.2. The third kappa shape index (κ3) is 4.66. The fraction of sp³-hybridized carbons (Fsp3) is 0.211. The van der Waals surface area contributed by atoms with Gasteiger partial charge in [0.1, 0.15) is 6.54 Å². The van der Waals surface area contributed by atoms with E-state index in [0.29, 0.717) is 45.5 Å². The van der Waals surface area contributed by atoms with E-state index in [1.807, 2.05) is 13.0 Å². The molecule has 0 aliphatic carbocycles. The van der Waals surface area contributed by atoms with E-state index in [4.69, 9.17) is 23.2 Å². The van der Waals surface area contributed by atoms with Crippen molar-refractivity contribution in [1.29, 1.82) is 0 Å². The van der Waals surface area contributed by atoms with Gasteiger partial charge in [-0.1, -0.05) is 41.4 Å². The topological polar surface area (TPSA) is 79.3 Å². The largest absolute Gasteiger partial charge is 0.321 e. The molecule has 3 rings (SSSR count). The molecular weight excluding hydrogens is 387 g/mol. The predicted molar refractivity (Wildman–Crippen MR) is 108 cm³/mol. The summed E-state index contributed by atoms with van der Waals surface area (Å²) < 4.78 is 0. The summed E-state index contributed by atoms with van der Waals surface area (Å²) >= 11 is 12.2. The van der Waals surface area contributed by atoms with Crippen molar-refractivity contribution in [2.75, 3.05) is 18.4 Å². The first kappa shape index (κ1) is 19.4. The molecule has 140 valence electrons. The van der Waals surface area contributed by atoms with Crippen LogP contribution in [0.4, 0.5) is 5.69 Å². The van der Waals surface area contributed by atoms with Crippen LogP contribution in [0, 0.1) is 0 Å². The molecule has 1 unspecified atom stereocenters. The number of fused-ring (bicyclic) bond motifs is 1. The van der Waals surface area contributed by atoms with Crippen LogP contribution in [-0.2, 0) is 11.3 Å². The summed E-state index contributed by atoms with van der Waals surface area (Å²) in [5.41, 5.74) is 0.857. The average Bonchev–Trinajstić information content (AvgIpc) is 2.64. The van der Waals surface area contributed by atoms with E-state index < -0.39 is 0 Å². The van der Waals surface area contributed by atoms with Crippen LogP contribution in [0.15, 0.2) is 47.3 Å². The minimum Gasteiger partial charge on any atom is -0.321 e. The molecule has 1 aromatic heterocycles. The van der Waals surface area contributed by atoms with Gasteiger partial charge in [-0.3, -0.25) is 9.59 Å². The number of rotatable bonds is 6. The van der Waals surface area contributed by atoms with Gasteiger partial charge in [0, 0.05) is 0 Å². The summed E-state index contributed by atoms with van der Waals surface area (Å²) in [5, 5.41) is 4.07. The van der Waals surface area contributed by atoms with Crippen molar-refractivity contribution in [3.8, 4) is 0 Å². The minimum atomic E-state index is -0.218. The molecule has 0 radical (unpaired) electrons. The van der Waals surface area contributed by atoms with Crippen LogP contribution in [0.25, 0.3) is 10.9 Å². The molecular formula is C19H19Cl2N4O2+. The molecule has 0 spiro atoms. The van der Waals surface area contributed by atoms with Crippen molar-refractivity contribution in [2.24, 2.45) is 0 Å². The van der Waals surface area contributed by atoms with Gasteiger partial charge in [0.15, 0.2) is 12.4 Å². The average molecular weight is 406 g/mol. The molecule has 0 fully saturated rings. The number of hydrogen-bond donors (Lipinski definition) is 3. The zero-order chi connectivity index (χ0) is 19.4. The number of carbonyl (C=O) groups excluding carboxylic acids is 1. The lowest BCUT2D eigenvalue weighted by Gasteiger charge is -2.17. The quantitative estimate of drug-likeness (QED) is 0.588. The van der Waals surface area contributed by atoms with Crippen LogP contribution < -0.4 is 15.8 Å². The number of nitrogens with zero attached hydrogens (tertiary/aromatic N) is 1. The number of benzene rings is 2. The molecule has 1 atom stereocenters. The number of anilines is 1. The van der Waals surface area contributed by atoms with Crippen LogP contribution in [0.3, 0.4) is 0 Å². The van der Waals surface area contributed by atoms with E-state index in [0.717, 1.165) is 4.90 Å². The second kappa shape index (κ2) is 8.52. The monoisotopic (exact) mass is 405 g/mol. The maximum Gasteiger partial charge on any atom is 0.279 e. The van der Waals surface area contributed by atoms with E-state index in [-0.39, 0.29) is 18.0 Å². The molecule has 1 heterocycles. The Balaban J connectivity index is 1.72. The number of carbonyl (C=O) groups is 1. The number of nitrogens with one attached hydrogen (secondary N) is 3. The SMILES string of the molecule is CC[NH+](CC(=O)Nc1c(Cl)cccc1Cl)Cc1nc2ccccc2c(=O)[nH]1. The molecule has 6 nitrogen and oxygen atoms in total. The van der Waals surface area contributed by atoms with Gasteiger partial charge >= 0.3 is 0 Å². The number of para-hydroxylation sites is 2. The lowest BCUT2D eigenvalue weighted by molar-refractivity contribution is -0.904. The molecule has 3 N–H and O–H groups in total. The van der Waals surface area contributed by atoms with Crippen LogP contribution in [0.1, 0.15) is 12.7 Å². The zero-order valence-electron chi connectivity index (χ0n) is 14.7. The summed E-state index contributed by atoms with van der Waals surface area (Å²) in [6, 6.07) is 12.2. The van der Waals surface area contributed by atoms with E-state index in [1.54, 1.807) is 36.4 Å². The number of amides is 1. The van der Waals surface area contributed by atoms with Gasteiger partial charge in [-0.05, 0) is 31.2 Å². The minimum absolute atomic E-state index is 0.182. The van der Waals surface area contributed by atoms with Crippen LogP contribution in [-0.4, -0.2) is 29.0 Å². The molecule has 0 saturated heterocycles. The Kier molecular flexibility index (Phi) is 6.11. The highest BCUT2D eigenvalue weighted by atomic mass is 35.5. The number of aromatic nitrogens is 2. The van der Waals surface area contributed by atoms with Crippen molar-refractivity contribution < 1.29 is 9.69 Å². The highest BCUT2D eigenvalue weighted by molar-refractivity contribution is 6.39. The second-order valence-corrected chi connectivity index (χ2v) is 6.95. The number of aromatic amines is 1. The molecule has 1 amide bonds. The van der Waals surface area contributed by atoms with Gasteiger partial charge in [0.2, 0.25) is 0 Å². The highest BCUT2D eigenvalue weighted by Gasteiger charge is 2.17. The van der Waals surface area contributed by atoms with E-state index in [9.17, 15) is 9.59 Å². The molecule has 0 bridgehead atoms. The summed E-state index contributed by atoms with van der Waals surface area (Å²) in [5.74, 6) is 0.323. The Morgan fingerprint density at radius 1 is 1.15 bits per heavy atom. The summed E-state index contributed by atoms with van der Waals surface area (Å²) in [6.07, 6.45) is 0. The van der Waals surface area contributed by atoms with Crippen molar-refractivity contribution in [3.05, 3.63) is 68.7 Å². The van der Waals surface area contributed by atoms with Crippen LogP contribution in [0.2, 0.25) is 10.0 Å². The molecule has 0 saturated carbocycles. The Morgan fingerprint density at radius 3 is 2.56 bits per heavy atom. The summed E-state index contributed by atoms with van der Waals surface area (Å²) in [4.78, 5) is 32.8. The molecule has 27 heavy (non-hydrogen) atoms. The van der Waals surface area contributed by atoms with Gasteiger partial charge in [-0.25, -0.2) is 4.98 Å². The zero-order valence-corrected chi connectivity index (χ0v) is 16.2. The van der Waals surface area contributed by atoms with E-state index in [1.165, 1.54) is 0 Å². The Labute approximate surface area is 166 Å². The van der Waals surface area contributed by atoms with Crippen molar-refractivity contribution in [2.45, 2.75) is 13.5 Å². The number of hydrogen-bond acceptors (Lipinski definition) is 3. The first-order valence-corrected chi connectivity index (χ1v) is 9.29. The van der Waals surface area contributed by atoms with Crippen molar-refractivity contribution >= 4 is 45.7 Å². The first-order chi connectivity index (χ1) is 13.0. The predicted octanol–water partition coefficient (Wildman–Crippen LogP) is 2.27. The maximum atomic E-state index is 12.4. The normalized spacial score (nSPS) is 12.1. The van der Waals surface area contributed by atoms with Gasteiger partial charge in [0.05, 0.1) is 33.2 Å². The smallest absolute Gasteiger partial charge is 0.279 e. The number of likely N-dealkylation sites (N-methyl/N-ethyl adjacent to an activating group) is 1. The molecule has 0 aliphatic heterocycles. The van der Waals surface area contributed by atoms with Gasteiger partial charge < -0.3 is 15.2 Å². The molecule has 0 aliphatic rings. The summed E-state index contributed by atoms with van der Waals surface area (Å²) in [7, 11) is 0. The highest BCUT2D eigenvalue weighted by Crippen LogP contribution is 2.29. The van der Waals surface area contributed by atoms with Crippen molar-refractivity contribution in [3.63, 3.8) is 0 Å². The standard InChI is InChI=1S/C19H18Cl2N4O2/c1-2-25(11-17(26)24-18-13(20)7-5-8-14(18)21)10-16-22-15-9-4-3-6-12(15)19(27)23-16/h3-9H,2,10-11H2,1H3,(H,24,26)(H,22,23,27)/p+1. The van der Waals surface area contributed by atoms with Gasteiger partial charge in [0.25, 0.3) is 11.5 Å². The number of quaternary nitrogens is 1. The Hall–Kier alpha value is -2.41. The maximum absolute atomic E-state index is 12.4. The Bertz CT molecular complexity index is 1020. The fourth-order valence-corrected chi connectivity index (χ4v) is 3.29. The summed E-state index contributed by atoms with van der Waals surface area (Å²) in [6.45, 7) is 3.25. The number of H-pyrrole nitrogens is 1. The van der Waals surface area contributed by atoms with Gasteiger partial charge in [-0.15, -0.1) is 0 Å². The number of halogens is 2. The first-order valence-electron chi connectivity index (χ1n) is 8.53. The third-order valence-corrected chi connectivity index (χ3v) is 4.85. The van der Waals surface area contributed by atoms with Crippen LogP contribution >= 0.6 is 23.2 Å².